The smallest absolute Gasteiger partial charge is 0.164 e. The van der Waals surface area contributed by atoms with Crippen LogP contribution in [-0.4, -0.2) is 49.8 Å². The van der Waals surface area contributed by atoms with Gasteiger partial charge in [-0.1, -0.05) is 231 Å². The van der Waals surface area contributed by atoms with Gasteiger partial charge in [0.25, 0.3) is 0 Å². The Bertz CT molecular complexity index is 8090. The Balaban J connectivity index is 0.655. The highest BCUT2D eigenvalue weighted by molar-refractivity contribution is 7.28. The molecule has 114 heavy (non-hydrogen) atoms. The number of hydrogen-bond acceptors (Lipinski definition) is 16. The molecule has 0 fully saturated rings. The Kier molecular flexibility index (Phi) is 14.7. The Hall–Kier alpha value is -13.8. The summed E-state index contributed by atoms with van der Waals surface area (Å²) < 4.78 is 17.5. The van der Waals surface area contributed by atoms with Crippen LogP contribution in [0.25, 0.3) is 248 Å². The zero-order chi connectivity index (χ0) is 74.6. The molecule has 0 saturated heterocycles. The molecular formula is C98H52N10OS5. The van der Waals surface area contributed by atoms with E-state index in [9.17, 15) is 0 Å². The molecule has 24 rings (SSSR count). The van der Waals surface area contributed by atoms with Crippen LogP contribution in [0, 0.1) is 0 Å². The predicted molar refractivity (Wildman–Crippen MR) is 476 cm³/mol. The normalized spacial score (nSPS) is 12.0. The van der Waals surface area contributed by atoms with Gasteiger partial charge in [0.2, 0.25) is 0 Å². The second kappa shape index (κ2) is 25.9. The van der Waals surface area contributed by atoms with Crippen LogP contribution in [0.1, 0.15) is 0 Å². The number of furan rings is 1. The van der Waals surface area contributed by atoms with Crippen molar-refractivity contribution < 1.29 is 4.42 Å². The molecule has 0 atom stereocenters. The number of aromatic nitrogens is 10. The van der Waals surface area contributed by atoms with Crippen LogP contribution in [0.2, 0.25) is 0 Å². The summed E-state index contributed by atoms with van der Waals surface area (Å²) in [5.74, 6) is 4.82. The maximum absolute atomic E-state index is 6.26. The molecule has 16 heteroatoms. The van der Waals surface area contributed by atoms with Gasteiger partial charge in [-0.2, -0.15) is 0 Å². The third kappa shape index (κ3) is 10.7. The van der Waals surface area contributed by atoms with E-state index in [0.29, 0.717) is 46.6 Å². The molecule has 0 N–H and O–H groups in total. The van der Waals surface area contributed by atoms with Crippen molar-refractivity contribution in [3.63, 3.8) is 0 Å². The van der Waals surface area contributed by atoms with E-state index < -0.39 is 0 Å². The molecule has 10 aromatic heterocycles. The molecule has 11 nitrogen and oxygen atoms in total. The number of thiophene rings is 5. The summed E-state index contributed by atoms with van der Waals surface area (Å²) in [5.41, 5.74) is 16.5. The van der Waals surface area contributed by atoms with Crippen molar-refractivity contribution in [1.29, 1.82) is 0 Å². The third-order valence-corrected chi connectivity index (χ3v) is 27.3. The van der Waals surface area contributed by atoms with E-state index in [4.69, 9.17) is 54.3 Å². The number of rotatable bonds is 11. The van der Waals surface area contributed by atoms with Crippen molar-refractivity contribution in [3.8, 4) is 125 Å². The Morgan fingerprint density at radius 3 is 1.19 bits per heavy atom. The largest absolute Gasteiger partial charge is 0.456 e. The van der Waals surface area contributed by atoms with E-state index in [-0.39, 0.29) is 0 Å². The highest BCUT2D eigenvalue weighted by Gasteiger charge is 2.26. The average Bonchev–Trinajstić information content (AvgIpc) is 0.941. The van der Waals surface area contributed by atoms with E-state index in [0.717, 1.165) is 176 Å². The summed E-state index contributed by atoms with van der Waals surface area (Å²) in [4.78, 5) is 54.0. The molecule has 0 bridgehead atoms. The molecule has 0 radical (unpaired) electrons. The number of para-hydroxylation sites is 1. The second-order valence-corrected chi connectivity index (χ2v) is 33.8. The highest BCUT2D eigenvalue weighted by atomic mass is 32.1. The van der Waals surface area contributed by atoms with Gasteiger partial charge in [0.05, 0.1) is 31.8 Å². The SMILES string of the molecule is c1ccc(-c2nc(-c3ccc4oc5ccccc5c4c3)nc(-c3cccc4sc5cc(-c6nc(-c7cccc(-c8cc(-c9nc(-c%10ccccc%10)nc(-c%10ccccc%10)n9)c9c(c8)sc8cc(-c%10nc(-c%11ccc%12c(c%11)sc%11ccccc%11%12)nc%11c%10sc%10ccccc%10%11)ccc89)c7)nc7c6sc6ccccc67)ccc5c34)n2)cc1. The van der Waals surface area contributed by atoms with Gasteiger partial charge in [-0.15, -0.1) is 56.7 Å². The molecule has 10 heterocycles. The maximum atomic E-state index is 6.26. The summed E-state index contributed by atoms with van der Waals surface area (Å²) in [5, 5.41) is 11.1. The highest BCUT2D eigenvalue weighted by Crippen LogP contribution is 2.50. The quantitative estimate of drug-likeness (QED) is 0.122. The van der Waals surface area contributed by atoms with Crippen LogP contribution >= 0.6 is 56.7 Å². The van der Waals surface area contributed by atoms with Crippen molar-refractivity contribution >= 4 is 180 Å². The summed E-state index contributed by atoms with van der Waals surface area (Å²) >= 11 is 8.80. The van der Waals surface area contributed by atoms with Gasteiger partial charge in [-0.25, -0.2) is 49.8 Å². The molecule has 0 spiro atoms. The number of hydrogen-bond donors (Lipinski definition) is 0. The minimum absolute atomic E-state index is 0.567. The van der Waals surface area contributed by atoms with Gasteiger partial charge in [-0.05, 0) is 96.1 Å². The fraction of sp³-hybridized carbons (Fsp3) is 0. The van der Waals surface area contributed by atoms with Crippen molar-refractivity contribution in [3.05, 3.63) is 315 Å². The molecule has 24 aromatic rings. The van der Waals surface area contributed by atoms with Crippen LogP contribution in [-0.2, 0) is 0 Å². The van der Waals surface area contributed by atoms with E-state index in [1.165, 1.54) is 24.9 Å². The molecule has 0 aliphatic heterocycles. The molecule has 0 saturated carbocycles. The zero-order valence-electron chi connectivity index (χ0n) is 59.9. The standard InChI is InChI=1S/C98H52N10OS5/c1-4-20-53(21-5-1)91-103-92(54-22-6-2-7-23-54)107-98(106-91)72-48-62(52-82-84(72)67-44-39-58(50-81(67)112-82)86-90-88(69-31-13-17-36-77(69)114-90)102-95(100-86)61-40-42-65-64-29-11-15-34-75(64)110-79(65)51-61)56-26-18-27-59(46-56)94-99-85(89-87(101-94)68-30-12-16-35-76(68)113-89)57-38-43-66-80(49-57)111-78-37-19-32-70(83(66)78)97-105-93(55-24-8-3-9-25-55)104-96(108-97)60-41-45-74-71(47-60)63-28-10-14-33-73(63)109-74/h1-52H. The minimum Gasteiger partial charge on any atom is -0.456 e. The molecule has 0 aliphatic rings. The minimum atomic E-state index is 0.567. The molecular weight excluding hydrogens is 1490 g/mol. The van der Waals surface area contributed by atoms with Crippen LogP contribution in [0.4, 0.5) is 0 Å². The molecule has 0 amide bonds. The van der Waals surface area contributed by atoms with Gasteiger partial charge in [0.15, 0.2) is 46.6 Å². The first-order valence-corrected chi connectivity index (χ1v) is 41.5. The summed E-state index contributed by atoms with van der Waals surface area (Å²) in [6.45, 7) is 0. The summed E-state index contributed by atoms with van der Waals surface area (Å²) in [7, 11) is 0. The van der Waals surface area contributed by atoms with E-state index in [1.807, 2.05) is 97.1 Å². The predicted octanol–water partition coefficient (Wildman–Crippen LogP) is 27.7. The Morgan fingerprint density at radius 2 is 0.570 bits per heavy atom. The van der Waals surface area contributed by atoms with Crippen LogP contribution in [0.15, 0.2) is 320 Å². The monoisotopic (exact) mass is 1540 g/mol. The lowest BCUT2D eigenvalue weighted by Gasteiger charge is -2.12. The average molecular weight is 1550 g/mol. The zero-order valence-corrected chi connectivity index (χ0v) is 64.0. The second-order valence-electron chi connectivity index (χ2n) is 28.5. The first-order chi connectivity index (χ1) is 56.4. The lowest BCUT2D eigenvalue weighted by molar-refractivity contribution is 0.669. The van der Waals surface area contributed by atoms with Crippen LogP contribution in [0.5, 0.6) is 0 Å². The number of nitrogens with zero attached hydrogens (tertiary/aromatic N) is 10. The van der Waals surface area contributed by atoms with E-state index >= 15 is 0 Å². The van der Waals surface area contributed by atoms with Crippen LogP contribution < -0.4 is 0 Å². The van der Waals surface area contributed by atoms with E-state index in [2.05, 4.69) is 218 Å². The van der Waals surface area contributed by atoms with Crippen molar-refractivity contribution in [2.24, 2.45) is 0 Å². The maximum Gasteiger partial charge on any atom is 0.164 e. The third-order valence-electron chi connectivity index (χ3n) is 21.6. The Morgan fingerprint density at radius 1 is 0.184 bits per heavy atom. The lowest BCUT2D eigenvalue weighted by atomic mass is 9.96. The topological polar surface area (TPSA) is 142 Å². The van der Waals surface area contributed by atoms with Crippen molar-refractivity contribution in [1.82, 2.24) is 49.8 Å². The number of fused-ring (bicyclic) bond motifs is 18. The van der Waals surface area contributed by atoms with Crippen molar-refractivity contribution in [2.75, 3.05) is 0 Å². The van der Waals surface area contributed by atoms with Gasteiger partial charge in [0, 0.05) is 147 Å². The number of benzene rings is 14. The van der Waals surface area contributed by atoms with Crippen molar-refractivity contribution in [2.45, 2.75) is 0 Å². The van der Waals surface area contributed by atoms with Gasteiger partial charge >= 0.3 is 0 Å². The fourth-order valence-electron chi connectivity index (χ4n) is 16.2. The van der Waals surface area contributed by atoms with Crippen LogP contribution in [0.3, 0.4) is 0 Å². The van der Waals surface area contributed by atoms with E-state index in [1.54, 1.807) is 56.7 Å². The lowest BCUT2D eigenvalue weighted by Crippen LogP contribution is -2.00. The molecule has 0 unspecified atom stereocenters. The van der Waals surface area contributed by atoms with Gasteiger partial charge < -0.3 is 4.42 Å². The summed E-state index contributed by atoms with van der Waals surface area (Å²) in [6, 6.07) is 111. The van der Waals surface area contributed by atoms with Gasteiger partial charge in [0.1, 0.15) is 11.2 Å². The van der Waals surface area contributed by atoms with Gasteiger partial charge in [-0.3, -0.25) is 0 Å². The molecule has 0 aliphatic carbocycles. The Labute approximate surface area is 668 Å². The first kappa shape index (κ1) is 64.9. The molecule has 14 aromatic carbocycles. The fourth-order valence-corrected chi connectivity index (χ4v) is 22.1. The molecule has 530 valence electrons. The first-order valence-electron chi connectivity index (χ1n) is 37.4. The summed E-state index contributed by atoms with van der Waals surface area (Å²) in [6.07, 6.45) is 0.